The van der Waals surface area contributed by atoms with Gasteiger partial charge in [-0.05, 0) is 23.8 Å². The lowest BCUT2D eigenvalue weighted by Crippen LogP contribution is -2.28. The number of halogens is 1. The average molecular weight is 335 g/mol. The Labute approximate surface area is 142 Å². The van der Waals surface area contributed by atoms with E-state index in [0.717, 1.165) is 41.5 Å². The summed E-state index contributed by atoms with van der Waals surface area (Å²) in [6, 6.07) is 15.7. The third-order valence-electron chi connectivity index (χ3n) is 3.34. The van der Waals surface area contributed by atoms with Gasteiger partial charge in [0.25, 0.3) is 0 Å². The predicted molar refractivity (Wildman–Crippen MR) is 93.9 cm³/mol. The SMILES string of the molecule is OCCNCCNCc1ccccc1OCc1cccc(Cl)c1. The summed E-state index contributed by atoms with van der Waals surface area (Å²) in [6.07, 6.45) is 0. The summed E-state index contributed by atoms with van der Waals surface area (Å²) < 4.78 is 5.93. The van der Waals surface area contributed by atoms with Crippen molar-refractivity contribution < 1.29 is 9.84 Å². The Kier molecular flexibility index (Phi) is 7.90. The second-order valence-corrected chi connectivity index (χ2v) is 5.61. The van der Waals surface area contributed by atoms with E-state index in [-0.39, 0.29) is 6.61 Å². The van der Waals surface area contributed by atoms with Crippen molar-refractivity contribution in [1.82, 2.24) is 10.6 Å². The number of rotatable bonds is 10. The first-order valence-electron chi connectivity index (χ1n) is 7.77. The minimum Gasteiger partial charge on any atom is -0.489 e. The van der Waals surface area contributed by atoms with Crippen molar-refractivity contribution in [3.05, 3.63) is 64.7 Å². The molecule has 0 amide bonds. The summed E-state index contributed by atoms with van der Waals surface area (Å²) in [5.74, 6) is 0.878. The molecule has 0 aliphatic rings. The standard InChI is InChI=1S/C18H23ClN2O2/c19-17-6-3-4-15(12-17)14-23-18-7-2-1-5-16(18)13-21-9-8-20-10-11-22/h1-7,12,20-22H,8-11,13-14H2. The van der Waals surface area contributed by atoms with Gasteiger partial charge in [-0.1, -0.05) is 41.9 Å². The molecule has 0 aliphatic carbocycles. The normalized spacial score (nSPS) is 10.7. The van der Waals surface area contributed by atoms with Gasteiger partial charge in [0.15, 0.2) is 0 Å². The Balaban J connectivity index is 1.82. The zero-order valence-electron chi connectivity index (χ0n) is 13.1. The van der Waals surface area contributed by atoms with Crippen LogP contribution in [0.1, 0.15) is 11.1 Å². The molecule has 0 radical (unpaired) electrons. The Bertz CT molecular complexity index is 593. The first-order chi connectivity index (χ1) is 11.3. The molecule has 2 rings (SSSR count). The Morgan fingerprint density at radius 1 is 0.957 bits per heavy atom. The second-order valence-electron chi connectivity index (χ2n) is 5.18. The molecule has 2 aromatic carbocycles. The largest absolute Gasteiger partial charge is 0.489 e. The smallest absolute Gasteiger partial charge is 0.124 e. The predicted octanol–water partition coefficient (Wildman–Crippen LogP) is 2.59. The lowest BCUT2D eigenvalue weighted by molar-refractivity contribution is 0.292. The molecule has 0 saturated heterocycles. The van der Waals surface area contributed by atoms with Gasteiger partial charge in [0.1, 0.15) is 12.4 Å². The molecule has 0 unspecified atom stereocenters. The Morgan fingerprint density at radius 2 is 1.78 bits per heavy atom. The second kappa shape index (κ2) is 10.2. The maximum Gasteiger partial charge on any atom is 0.124 e. The van der Waals surface area contributed by atoms with E-state index in [0.29, 0.717) is 13.2 Å². The van der Waals surface area contributed by atoms with Gasteiger partial charge in [0.05, 0.1) is 6.61 Å². The fraction of sp³-hybridized carbons (Fsp3) is 0.333. The zero-order chi connectivity index (χ0) is 16.3. The van der Waals surface area contributed by atoms with Gasteiger partial charge in [-0.3, -0.25) is 0 Å². The van der Waals surface area contributed by atoms with Crippen LogP contribution in [0.2, 0.25) is 5.02 Å². The van der Waals surface area contributed by atoms with E-state index in [1.165, 1.54) is 0 Å². The van der Waals surface area contributed by atoms with Crippen molar-refractivity contribution in [3.8, 4) is 5.75 Å². The van der Waals surface area contributed by atoms with Gasteiger partial charge in [-0.15, -0.1) is 0 Å². The third kappa shape index (κ3) is 6.59. The topological polar surface area (TPSA) is 53.5 Å². The number of hydrogen-bond donors (Lipinski definition) is 3. The lowest BCUT2D eigenvalue weighted by atomic mass is 10.2. The van der Waals surface area contributed by atoms with Crippen LogP contribution in [-0.2, 0) is 13.2 Å². The maximum atomic E-state index is 8.70. The first kappa shape index (κ1) is 17.8. The van der Waals surface area contributed by atoms with Gasteiger partial charge in [0, 0.05) is 36.8 Å². The molecule has 3 N–H and O–H groups in total. The number of para-hydroxylation sites is 1. The number of benzene rings is 2. The van der Waals surface area contributed by atoms with Gasteiger partial charge < -0.3 is 20.5 Å². The lowest BCUT2D eigenvalue weighted by Gasteiger charge is -2.12. The number of nitrogens with one attached hydrogen (secondary N) is 2. The van der Waals surface area contributed by atoms with Crippen LogP contribution in [0.4, 0.5) is 0 Å². The fourth-order valence-electron chi connectivity index (χ4n) is 2.18. The Morgan fingerprint density at radius 3 is 2.61 bits per heavy atom. The summed E-state index contributed by atoms with van der Waals surface area (Å²) in [4.78, 5) is 0. The summed E-state index contributed by atoms with van der Waals surface area (Å²) in [5.41, 5.74) is 2.17. The Hall–Kier alpha value is -1.59. The minimum atomic E-state index is 0.167. The maximum absolute atomic E-state index is 8.70. The summed E-state index contributed by atoms with van der Waals surface area (Å²) >= 11 is 5.99. The number of hydrogen-bond acceptors (Lipinski definition) is 4. The molecular formula is C18H23ClN2O2. The van der Waals surface area contributed by atoms with Crippen molar-refractivity contribution in [2.45, 2.75) is 13.2 Å². The van der Waals surface area contributed by atoms with Crippen molar-refractivity contribution in [2.24, 2.45) is 0 Å². The zero-order valence-corrected chi connectivity index (χ0v) is 13.9. The van der Waals surface area contributed by atoms with Crippen molar-refractivity contribution in [1.29, 1.82) is 0 Å². The monoisotopic (exact) mass is 334 g/mol. The molecule has 0 aliphatic heterocycles. The quantitative estimate of drug-likeness (QED) is 0.585. The molecule has 0 aromatic heterocycles. The molecule has 5 heteroatoms. The highest BCUT2D eigenvalue weighted by Gasteiger charge is 2.03. The van der Waals surface area contributed by atoms with E-state index < -0.39 is 0 Å². The molecule has 23 heavy (non-hydrogen) atoms. The van der Waals surface area contributed by atoms with Crippen LogP contribution >= 0.6 is 11.6 Å². The van der Waals surface area contributed by atoms with E-state index in [9.17, 15) is 0 Å². The van der Waals surface area contributed by atoms with Crippen molar-refractivity contribution in [2.75, 3.05) is 26.2 Å². The highest BCUT2D eigenvalue weighted by Crippen LogP contribution is 2.20. The van der Waals surface area contributed by atoms with E-state index in [1.54, 1.807) is 0 Å². The van der Waals surface area contributed by atoms with E-state index in [2.05, 4.69) is 16.7 Å². The minimum absolute atomic E-state index is 0.167. The molecule has 2 aromatic rings. The van der Waals surface area contributed by atoms with Gasteiger partial charge in [-0.25, -0.2) is 0 Å². The van der Waals surface area contributed by atoms with E-state index >= 15 is 0 Å². The molecule has 124 valence electrons. The van der Waals surface area contributed by atoms with Gasteiger partial charge >= 0.3 is 0 Å². The summed E-state index contributed by atoms with van der Waals surface area (Å²) in [7, 11) is 0. The number of aliphatic hydroxyl groups excluding tert-OH is 1. The van der Waals surface area contributed by atoms with Crippen LogP contribution < -0.4 is 15.4 Å². The highest BCUT2D eigenvalue weighted by molar-refractivity contribution is 6.30. The van der Waals surface area contributed by atoms with Crippen LogP contribution in [0.25, 0.3) is 0 Å². The highest BCUT2D eigenvalue weighted by atomic mass is 35.5. The number of ether oxygens (including phenoxy) is 1. The molecular weight excluding hydrogens is 312 g/mol. The molecule has 4 nitrogen and oxygen atoms in total. The summed E-state index contributed by atoms with van der Waals surface area (Å²) in [5, 5.41) is 15.9. The molecule has 0 heterocycles. The van der Waals surface area contributed by atoms with Crippen LogP contribution in [0.15, 0.2) is 48.5 Å². The van der Waals surface area contributed by atoms with E-state index in [1.807, 2.05) is 42.5 Å². The van der Waals surface area contributed by atoms with Crippen molar-refractivity contribution >= 4 is 11.6 Å². The fourth-order valence-corrected chi connectivity index (χ4v) is 2.40. The first-order valence-corrected chi connectivity index (χ1v) is 8.15. The van der Waals surface area contributed by atoms with Gasteiger partial charge in [0.2, 0.25) is 0 Å². The molecule has 0 atom stereocenters. The van der Waals surface area contributed by atoms with Gasteiger partial charge in [-0.2, -0.15) is 0 Å². The third-order valence-corrected chi connectivity index (χ3v) is 3.57. The van der Waals surface area contributed by atoms with E-state index in [4.69, 9.17) is 21.4 Å². The molecule has 0 bridgehead atoms. The molecule has 0 fully saturated rings. The van der Waals surface area contributed by atoms with Crippen LogP contribution in [0.5, 0.6) is 5.75 Å². The molecule has 0 saturated carbocycles. The molecule has 0 spiro atoms. The van der Waals surface area contributed by atoms with Crippen LogP contribution in [0.3, 0.4) is 0 Å². The average Bonchev–Trinajstić information content (AvgIpc) is 2.57. The van der Waals surface area contributed by atoms with Crippen LogP contribution in [-0.4, -0.2) is 31.3 Å². The van der Waals surface area contributed by atoms with Crippen LogP contribution in [0, 0.1) is 0 Å². The van der Waals surface area contributed by atoms with Crippen molar-refractivity contribution in [3.63, 3.8) is 0 Å². The number of aliphatic hydroxyl groups is 1. The summed E-state index contributed by atoms with van der Waals surface area (Å²) in [6.45, 7) is 3.69.